The van der Waals surface area contributed by atoms with E-state index in [2.05, 4.69) is 15.1 Å². The number of carbonyl (C=O) groups excluding carboxylic acids is 1. The van der Waals surface area contributed by atoms with Gasteiger partial charge in [-0.1, -0.05) is 42.4 Å². The highest BCUT2D eigenvalue weighted by molar-refractivity contribution is 7.09. The number of benzene rings is 1. The van der Waals surface area contributed by atoms with Crippen molar-refractivity contribution in [1.82, 2.24) is 15.1 Å². The zero-order chi connectivity index (χ0) is 18.8. The first-order valence-electron chi connectivity index (χ1n) is 8.58. The highest BCUT2D eigenvalue weighted by Crippen LogP contribution is 2.27. The summed E-state index contributed by atoms with van der Waals surface area (Å²) in [5, 5.41) is 7.46. The summed E-state index contributed by atoms with van der Waals surface area (Å²) in [6, 6.07) is 11.3. The second-order valence-electron chi connectivity index (χ2n) is 6.03. The summed E-state index contributed by atoms with van der Waals surface area (Å²) in [5.74, 6) is -0.447. The second kappa shape index (κ2) is 7.28. The SMILES string of the molecule is CCc1nc(COC(=O)c2cc(-c3ccccc3)nc3onc(C)c23)cs1. The summed E-state index contributed by atoms with van der Waals surface area (Å²) in [4.78, 5) is 21.7. The molecule has 0 saturated carbocycles. The fourth-order valence-electron chi connectivity index (χ4n) is 2.81. The summed E-state index contributed by atoms with van der Waals surface area (Å²) in [7, 11) is 0. The summed E-state index contributed by atoms with van der Waals surface area (Å²) < 4.78 is 10.8. The Morgan fingerprint density at radius 3 is 2.78 bits per heavy atom. The topological polar surface area (TPSA) is 78.1 Å². The van der Waals surface area contributed by atoms with E-state index in [1.54, 1.807) is 24.3 Å². The summed E-state index contributed by atoms with van der Waals surface area (Å²) in [6.07, 6.45) is 0.865. The Bertz CT molecular complexity index is 1100. The fraction of sp³-hybridized carbons (Fsp3) is 0.200. The van der Waals surface area contributed by atoms with Crippen molar-refractivity contribution in [3.8, 4) is 11.3 Å². The molecule has 0 unspecified atom stereocenters. The van der Waals surface area contributed by atoms with Gasteiger partial charge in [-0.2, -0.15) is 0 Å². The van der Waals surface area contributed by atoms with E-state index in [0.717, 1.165) is 22.7 Å². The Labute approximate surface area is 159 Å². The average molecular weight is 379 g/mol. The van der Waals surface area contributed by atoms with Crippen LogP contribution in [0.2, 0.25) is 0 Å². The molecular formula is C20H17N3O3S. The van der Waals surface area contributed by atoms with Crippen molar-refractivity contribution >= 4 is 28.4 Å². The lowest BCUT2D eigenvalue weighted by atomic mass is 10.1. The number of fused-ring (bicyclic) bond motifs is 1. The number of aromatic nitrogens is 3. The van der Waals surface area contributed by atoms with Gasteiger partial charge in [-0.3, -0.25) is 0 Å². The molecule has 1 aromatic carbocycles. The minimum atomic E-state index is -0.447. The zero-order valence-electron chi connectivity index (χ0n) is 14.9. The molecule has 27 heavy (non-hydrogen) atoms. The van der Waals surface area contributed by atoms with Crippen LogP contribution in [0.4, 0.5) is 0 Å². The molecule has 0 spiro atoms. The van der Waals surface area contributed by atoms with E-state index in [1.165, 1.54) is 0 Å². The van der Waals surface area contributed by atoms with Crippen LogP contribution in [0, 0.1) is 6.92 Å². The molecule has 3 aromatic heterocycles. The summed E-state index contributed by atoms with van der Waals surface area (Å²) in [6.45, 7) is 3.95. The molecule has 4 aromatic rings. The number of hydrogen-bond acceptors (Lipinski definition) is 7. The average Bonchev–Trinajstić information content (AvgIpc) is 3.33. The van der Waals surface area contributed by atoms with Gasteiger partial charge in [0, 0.05) is 10.9 Å². The molecule has 0 N–H and O–H groups in total. The highest BCUT2D eigenvalue weighted by Gasteiger charge is 2.20. The van der Waals surface area contributed by atoms with Crippen molar-refractivity contribution in [3.05, 3.63) is 63.7 Å². The first-order chi connectivity index (χ1) is 13.2. The van der Waals surface area contributed by atoms with Crippen molar-refractivity contribution in [3.63, 3.8) is 0 Å². The second-order valence-corrected chi connectivity index (χ2v) is 6.97. The highest BCUT2D eigenvalue weighted by atomic mass is 32.1. The molecule has 0 saturated heterocycles. The van der Waals surface area contributed by atoms with Crippen molar-refractivity contribution in [2.75, 3.05) is 0 Å². The Kier molecular flexibility index (Phi) is 4.68. The van der Waals surface area contributed by atoms with Gasteiger partial charge in [0.1, 0.15) is 6.61 Å². The summed E-state index contributed by atoms with van der Waals surface area (Å²) >= 11 is 1.57. The van der Waals surface area contributed by atoms with Crippen molar-refractivity contribution in [2.45, 2.75) is 26.9 Å². The van der Waals surface area contributed by atoms with Crippen LogP contribution < -0.4 is 0 Å². The number of nitrogens with zero attached hydrogens (tertiary/aromatic N) is 3. The first-order valence-corrected chi connectivity index (χ1v) is 9.46. The Balaban J connectivity index is 1.68. The minimum Gasteiger partial charge on any atom is -0.456 e. The van der Waals surface area contributed by atoms with Crippen molar-refractivity contribution in [2.24, 2.45) is 0 Å². The number of hydrogen-bond donors (Lipinski definition) is 0. The van der Waals surface area contributed by atoms with Crippen LogP contribution in [0.25, 0.3) is 22.4 Å². The number of aryl methyl sites for hydroxylation is 2. The van der Waals surface area contributed by atoms with E-state index in [-0.39, 0.29) is 6.61 Å². The number of rotatable bonds is 5. The maximum absolute atomic E-state index is 12.8. The molecule has 7 heteroatoms. The molecule has 0 fully saturated rings. The number of carbonyl (C=O) groups is 1. The molecule has 4 rings (SSSR count). The van der Waals surface area contributed by atoms with Crippen LogP contribution in [0.3, 0.4) is 0 Å². The van der Waals surface area contributed by atoms with Crippen LogP contribution in [-0.2, 0) is 17.8 Å². The van der Waals surface area contributed by atoms with Gasteiger partial charge in [-0.25, -0.2) is 14.8 Å². The Hall–Kier alpha value is -3.06. The van der Waals surface area contributed by atoms with Gasteiger partial charge in [-0.05, 0) is 19.4 Å². The zero-order valence-corrected chi connectivity index (χ0v) is 15.7. The van der Waals surface area contributed by atoms with Crippen LogP contribution in [0.5, 0.6) is 0 Å². The van der Waals surface area contributed by atoms with Crippen LogP contribution in [-0.4, -0.2) is 21.1 Å². The molecule has 0 amide bonds. The third-order valence-corrected chi connectivity index (χ3v) is 5.20. The van der Waals surface area contributed by atoms with Gasteiger partial charge >= 0.3 is 5.97 Å². The first kappa shape index (κ1) is 17.4. The van der Waals surface area contributed by atoms with Gasteiger partial charge in [-0.15, -0.1) is 11.3 Å². The van der Waals surface area contributed by atoms with Crippen molar-refractivity contribution < 1.29 is 14.1 Å². The van der Waals surface area contributed by atoms with E-state index in [0.29, 0.717) is 28.1 Å². The van der Waals surface area contributed by atoms with E-state index in [9.17, 15) is 4.79 Å². The summed E-state index contributed by atoms with van der Waals surface area (Å²) in [5.41, 5.74) is 3.58. The lowest BCUT2D eigenvalue weighted by Gasteiger charge is -2.07. The fourth-order valence-corrected chi connectivity index (χ4v) is 3.54. The number of thiazole rings is 1. The minimum absolute atomic E-state index is 0.129. The third-order valence-electron chi connectivity index (χ3n) is 4.16. The number of esters is 1. The molecule has 136 valence electrons. The van der Waals surface area contributed by atoms with Gasteiger partial charge < -0.3 is 9.26 Å². The monoisotopic (exact) mass is 379 g/mol. The molecule has 0 radical (unpaired) electrons. The predicted octanol–water partition coefficient (Wildman–Crippen LogP) is 4.57. The van der Waals surface area contributed by atoms with E-state index in [4.69, 9.17) is 9.26 Å². The Morgan fingerprint density at radius 2 is 2.04 bits per heavy atom. The largest absolute Gasteiger partial charge is 0.456 e. The number of ether oxygens (including phenoxy) is 1. The molecule has 0 bridgehead atoms. The van der Waals surface area contributed by atoms with Crippen LogP contribution in [0.1, 0.15) is 33.7 Å². The third kappa shape index (κ3) is 3.46. The number of pyridine rings is 1. The molecule has 0 atom stereocenters. The Morgan fingerprint density at radius 1 is 1.22 bits per heavy atom. The van der Waals surface area contributed by atoms with Gasteiger partial charge in [0.25, 0.3) is 5.71 Å². The van der Waals surface area contributed by atoms with E-state index in [1.807, 2.05) is 42.6 Å². The molecular weight excluding hydrogens is 362 g/mol. The van der Waals surface area contributed by atoms with Crippen LogP contribution in [0.15, 0.2) is 46.3 Å². The van der Waals surface area contributed by atoms with Gasteiger partial charge in [0.05, 0.1) is 33.0 Å². The van der Waals surface area contributed by atoms with E-state index < -0.39 is 5.97 Å². The molecule has 0 aliphatic heterocycles. The lowest BCUT2D eigenvalue weighted by molar-refractivity contribution is 0.0470. The van der Waals surface area contributed by atoms with Crippen LogP contribution >= 0.6 is 11.3 Å². The maximum Gasteiger partial charge on any atom is 0.339 e. The lowest BCUT2D eigenvalue weighted by Crippen LogP contribution is -2.07. The van der Waals surface area contributed by atoms with Crippen molar-refractivity contribution in [1.29, 1.82) is 0 Å². The van der Waals surface area contributed by atoms with E-state index >= 15 is 0 Å². The van der Waals surface area contributed by atoms with Gasteiger partial charge in [0.2, 0.25) is 0 Å². The molecule has 0 aliphatic carbocycles. The molecule has 6 nitrogen and oxygen atoms in total. The molecule has 0 aliphatic rings. The maximum atomic E-state index is 12.8. The predicted molar refractivity (Wildman–Crippen MR) is 103 cm³/mol. The quantitative estimate of drug-likeness (QED) is 0.473. The molecule has 3 heterocycles. The van der Waals surface area contributed by atoms with Gasteiger partial charge in [0.15, 0.2) is 0 Å². The standard InChI is InChI=1S/C20H17N3O3S/c1-3-17-21-14(11-27-17)10-25-20(24)15-9-16(13-7-5-4-6-8-13)22-19-18(15)12(2)23-26-19/h4-9,11H,3,10H2,1-2H3. The normalized spacial score (nSPS) is 11.0. The smallest absolute Gasteiger partial charge is 0.339 e.